The smallest absolute Gasteiger partial charge is 0.166 e. The summed E-state index contributed by atoms with van der Waals surface area (Å²) in [6, 6.07) is 5.02. The maximum absolute atomic E-state index is 14.0. The molecule has 0 aliphatic carbocycles. The Bertz CT molecular complexity index is 554. The van der Waals surface area contributed by atoms with E-state index in [-0.39, 0.29) is 11.6 Å². The number of ether oxygens (including phenoxy) is 1. The average molecular weight is 277 g/mol. The molecule has 0 unspecified atom stereocenters. The third-order valence-electron chi connectivity index (χ3n) is 2.91. The molecular weight excluding hydrogens is 257 g/mol. The van der Waals surface area contributed by atoms with Crippen molar-refractivity contribution in [3.8, 4) is 11.5 Å². The van der Waals surface area contributed by atoms with Crippen LogP contribution in [-0.4, -0.2) is 16.3 Å². The first-order chi connectivity index (χ1) is 9.72. The van der Waals surface area contributed by atoms with Gasteiger partial charge in [0.2, 0.25) is 0 Å². The Morgan fingerprint density at radius 2 is 2.20 bits per heavy atom. The van der Waals surface area contributed by atoms with Gasteiger partial charge in [-0.1, -0.05) is 13.0 Å². The molecule has 1 aromatic carbocycles. The van der Waals surface area contributed by atoms with Crippen molar-refractivity contribution in [2.24, 2.45) is 0 Å². The van der Waals surface area contributed by atoms with E-state index in [9.17, 15) is 4.39 Å². The molecule has 0 saturated carbocycles. The summed E-state index contributed by atoms with van der Waals surface area (Å²) < 4.78 is 21.2. The van der Waals surface area contributed by atoms with E-state index >= 15 is 0 Å². The van der Waals surface area contributed by atoms with Gasteiger partial charge in [0.05, 0.1) is 12.4 Å². The van der Waals surface area contributed by atoms with Gasteiger partial charge in [-0.3, -0.25) is 4.68 Å². The van der Waals surface area contributed by atoms with E-state index in [1.54, 1.807) is 23.1 Å². The molecule has 4 nitrogen and oxygen atoms in total. The Kier molecular flexibility index (Phi) is 5.12. The number of hydrogen-bond donors (Lipinski definition) is 1. The van der Waals surface area contributed by atoms with E-state index in [0.717, 1.165) is 25.1 Å². The lowest BCUT2D eigenvalue weighted by molar-refractivity contribution is 0.440. The fourth-order valence-corrected chi connectivity index (χ4v) is 1.84. The standard InChI is InChI=1S/C15H20FN3O/c1-3-7-17-9-12-5-6-15(14(16)8-12)20-13-10-18-19(4-2)11-13/h5-6,8,10-11,17H,3-4,7,9H2,1-2H3. The molecule has 0 aliphatic rings. The third kappa shape index (κ3) is 3.81. The van der Waals surface area contributed by atoms with Gasteiger partial charge in [0.1, 0.15) is 0 Å². The Morgan fingerprint density at radius 1 is 1.35 bits per heavy atom. The van der Waals surface area contributed by atoms with Crippen LogP contribution in [0.1, 0.15) is 25.8 Å². The molecule has 108 valence electrons. The first-order valence-corrected chi connectivity index (χ1v) is 6.92. The fraction of sp³-hybridized carbons (Fsp3) is 0.400. The van der Waals surface area contributed by atoms with Crippen molar-refractivity contribution in [1.29, 1.82) is 0 Å². The Balaban J connectivity index is 2.01. The summed E-state index contributed by atoms with van der Waals surface area (Å²) in [7, 11) is 0. The minimum atomic E-state index is -0.356. The summed E-state index contributed by atoms with van der Waals surface area (Å²) in [6.45, 7) is 6.43. The van der Waals surface area contributed by atoms with Gasteiger partial charge in [0.15, 0.2) is 17.3 Å². The zero-order valence-electron chi connectivity index (χ0n) is 11.9. The summed E-state index contributed by atoms with van der Waals surface area (Å²) >= 11 is 0. The molecule has 5 heteroatoms. The molecule has 1 heterocycles. The zero-order chi connectivity index (χ0) is 14.4. The molecule has 0 fully saturated rings. The highest BCUT2D eigenvalue weighted by atomic mass is 19.1. The van der Waals surface area contributed by atoms with Crippen molar-refractivity contribution in [3.63, 3.8) is 0 Å². The van der Waals surface area contributed by atoms with Crippen LogP contribution in [0.15, 0.2) is 30.6 Å². The predicted octanol–water partition coefficient (Wildman–Crippen LogP) is 3.33. The second-order valence-corrected chi connectivity index (χ2v) is 4.58. The van der Waals surface area contributed by atoms with Gasteiger partial charge in [-0.2, -0.15) is 5.10 Å². The van der Waals surface area contributed by atoms with Crippen molar-refractivity contribution in [2.45, 2.75) is 33.4 Å². The van der Waals surface area contributed by atoms with Crippen molar-refractivity contribution in [2.75, 3.05) is 6.54 Å². The lowest BCUT2D eigenvalue weighted by Crippen LogP contribution is -2.13. The topological polar surface area (TPSA) is 39.1 Å². The van der Waals surface area contributed by atoms with Gasteiger partial charge < -0.3 is 10.1 Å². The number of hydrogen-bond acceptors (Lipinski definition) is 3. The minimum Gasteiger partial charge on any atom is -0.451 e. The second kappa shape index (κ2) is 7.05. The van der Waals surface area contributed by atoms with Gasteiger partial charge in [-0.05, 0) is 37.6 Å². The highest BCUT2D eigenvalue weighted by Crippen LogP contribution is 2.24. The van der Waals surface area contributed by atoms with Crippen LogP contribution in [-0.2, 0) is 13.1 Å². The summed E-state index contributed by atoms with van der Waals surface area (Å²) in [6.07, 6.45) is 4.39. The second-order valence-electron chi connectivity index (χ2n) is 4.58. The molecule has 0 amide bonds. The van der Waals surface area contributed by atoms with Crippen molar-refractivity contribution < 1.29 is 9.13 Å². The van der Waals surface area contributed by atoms with Crippen LogP contribution in [0.3, 0.4) is 0 Å². The van der Waals surface area contributed by atoms with Crippen molar-refractivity contribution in [1.82, 2.24) is 15.1 Å². The Morgan fingerprint density at radius 3 is 2.85 bits per heavy atom. The highest BCUT2D eigenvalue weighted by molar-refractivity contribution is 5.33. The van der Waals surface area contributed by atoms with E-state index in [2.05, 4.69) is 17.3 Å². The molecule has 2 aromatic rings. The van der Waals surface area contributed by atoms with Gasteiger partial charge in [0.25, 0.3) is 0 Å². The number of rotatable bonds is 7. The lowest BCUT2D eigenvalue weighted by atomic mass is 10.2. The largest absolute Gasteiger partial charge is 0.451 e. The average Bonchev–Trinajstić information content (AvgIpc) is 2.90. The molecular formula is C15H20FN3O. The van der Waals surface area contributed by atoms with Gasteiger partial charge in [-0.15, -0.1) is 0 Å². The van der Waals surface area contributed by atoms with Crippen LogP contribution in [0.25, 0.3) is 0 Å². The molecule has 0 aliphatic heterocycles. The number of halogens is 1. The van der Waals surface area contributed by atoms with Crippen LogP contribution in [0.4, 0.5) is 4.39 Å². The Hall–Kier alpha value is -1.88. The van der Waals surface area contributed by atoms with Crippen molar-refractivity contribution in [3.05, 3.63) is 42.0 Å². The molecule has 2 rings (SSSR count). The minimum absolute atomic E-state index is 0.222. The fourth-order valence-electron chi connectivity index (χ4n) is 1.84. The molecule has 0 bridgehead atoms. The molecule has 1 aromatic heterocycles. The quantitative estimate of drug-likeness (QED) is 0.789. The normalized spacial score (nSPS) is 10.8. The summed E-state index contributed by atoms with van der Waals surface area (Å²) in [4.78, 5) is 0. The first kappa shape index (κ1) is 14.5. The summed E-state index contributed by atoms with van der Waals surface area (Å²) in [5.41, 5.74) is 0.910. The number of aromatic nitrogens is 2. The maximum Gasteiger partial charge on any atom is 0.166 e. The van der Waals surface area contributed by atoms with E-state index in [1.807, 2.05) is 13.0 Å². The zero-order valence-corrected chi connectivity index (χ0v) is 11.9. The first-order valence-electron chi connectivity index (χ1n) is 6.92. The summed E-state index contributed by atoms with van der Waals surface area (Å²) in [5, 5.41) is 7.33. The van der Waals surface area contributed by atoms with Crippen LogP contribution in [0, 0.1) is 5.82 Å². The van der Waals surface area contributed by atoms with Gasteiger partial charge >= 0.3 is 0 Å². The third-order valence-corrected chi connectivity index (χ3v) is 2.91. The molecule has 20 heavy (non-hydrogen) atoms. The molecule has 0 radical (unpaired) electrons. The molecule has 0 atom stereocenters. The van der Waals surface area contributed by atoms with E-state index in [4.69, 9.17) is 4.74 Å². The molecule has 0 saturated heterocycles. The SMILES string of the molecule is CCCNCc1ccc(Oc2cnn(CC)c2)c(F)c1. The number of nitrogens with zero attached hydrogens (tertiary/aromatic N) is 2. The summed E-state index contributed by atoms with van der Waals surface area (Å²) in [5.74, 6) is 0.410. The highest BCUT2D eigenvalue weighted by Gasteiger charge is 2.07. The maximum atomic E-state index is 14.0. The number of nitrogens with one attached hydrogen (secondary N) is 1. The van der Waals surface area contributed by atoms with Crippen LogP contribution in [0.2, 0.25) is 0 Å². The number of benzene rings is 1. The van der Waals surface area contributed by atoms with E-state index in [0.29, 0.717) is 12.3 Å². The van der Waals surface area contributed by atoms with Crippen LogP contribution in [0.5, 0.6) is 11.5 Å². The van der Waals surface area contributed by atoms with Crippen LogP contribution < -0.4 is 10.1 Å². The molecule has 0 spiro atoms. The number of aryl methyl sites for hydroxylation is 1. The molecule has 1 N–H and O–H groups in total. The van der Waals surface area contributed by atoms with Gasteiger partial charge in [-0.25, -0.2) is 4.39 Å². The monoisotopic (exact) mass is 277 g/mol. The van der Waals surface area contributed by atoms with Gasteiger partial charge in [0, 0.05) is 13.1 Å². The van der Waals surface area contributed by atoms with E-state index < -0.39 is 0 Å². The Labute approximate surface area is 118 Å². The van der Waals surface area contributed by atoms with Crippen LogP contribution >= 0.6 is 0 Å². The van der Waals surface area contributed by atoms with E-state index in [1.165, 1.54) is 6.07 Å². The lowest BCUT2D eigenvalue weighted by Gasteiger charge is -2.07. The van der Waals surface area contributed by atoms with Crippen molar-refractivity contribution >= 4 is 0 Å². The predicted molar refractivity (Wildman–Crippen MR) is 76.4 cm³/mol.